The molecule has 0 saturated heterocycles. The van der Waals surface area contributed by atoms with Gasteiger partial charge in [-0.2, -0.15) is 0 Å². The summed E-state index contributed by atoms with van der Waals surface area (Å²) in [5.41, 5.74) is 0.686. The summed E-state index contributed by atoms with van der Waals surface area (Å²) in [7, 11) is 0. The smallest absolute Gasteiger partial charge is 0.167 e. The van der Waals surface area contributed by atoms with Crippen LogP contribution in [0.25, 0.3) is 0 Å². The molecule has 0 radical (unpaired) electrons. The standard InChI is InChI=1S/C14H16FIO/c1-9-3-2-4-10(7-9)14(17)12-6-5-11(15)8-13(12)16/h5-6,8-10H,2-4,7H2,1H3. The fourth-order valence-electron chi connectivity index (χ4n) is 2.58. The number of rotatable bonds is 2. The average Bonchev–Trinajstić information content (AvgIpc) is 2.28. The number of carbonyl (C=O) groups excluding carboxylic acids is 1. The van der Waals surface area contributed by atoms with Crippen LogP contribution in [0.3, 0.4) is 0 Å². The number of benzene rings is 1. The van der Waals surface area contributed by atoms with Crippen LogP contribution < -0.4 is 0 Å². The van der Waals surface area contributed by atoms with E-state index < -0.39 is 0 Å². The minimum Gasteiger partial charge on any atom is -0.294 e. The number of ketones is 1. The van der Waals surface area contributed by atoms with E-state index in [4.69, 9.17) is 0 Å². The molecule has 1 aliphatic carbocycles. The van der Waals surface area contributed by atoms with Crippen molar-refractivity contribution in [1.29, 1.82) is 0 Å². The van der Waals surface area contributed by atoms with E-state index in [2.05, 4.69) is 6.92 Å². The topological polar surface area (TPSA) is 17.1 Å². The van der Waals surface area contributed by atoms with Crippen LogP contribution in [0.1, 0.15) is 43.0 Å². The molecule has 17 heavy (non-hydrogen) atoms. The Morgan fingerprint density at radius 1 is 1.41 bits per heavy atom. The van der Waals surface area contributed by atoms with E-state index in [9.17, 15) is 9.18 Å². The van der Waals surface area contributed by atoms with Crippen molar-refractivity contribution < 1.29 is 9.18 Å². The first-order valence-corrected chi connectivity index (χ1v) is 7.15. The highest BCUT2D eigenvalue weighted by Gasteiger charge is 2.26. The largest absolute Gasteiger partial charge is 0.294 e. The summed E-state index contributed by atoms with van der Waals surface area (Å²) >= 11 is 2.04. The van der Waals surface area contributed by atoms with Gasteiger partial charge in [-0.1, -0.05) is 19.8 Å². The van der Waals surface area contributed by atoms with Gasteiger partial charge in [-0.05, 0) is 59.5 Å². The van der Waals surface area contributed by atoms with Crippen LogP contribution in [0.4, 0.5) is 4.39 Å². The summed E-state index contributed by atoms with van der Waals surface area (Å²) in [6.45, 7) is 2.20. The molecule has 0 bridgehead atoms. The van der Waals surface area contributed by atoms with Crippen LogP contribution in [0.5, 0.6) is 0 Å². The lowest BCUT2D eigenvalue weighted by molar-refractivity contribution is 0.0867. The molecule has 2 atom stereocenters. The summed E-state index contributed by atoms with van der Waals surface area (Å²) < 4.78 is 13.7. The SMILES string of the molecule is CC1CCCC(C(=O)c2ccc(F)cc2I)C1. The molecule has 2 rings (SSSR count). The maximum Gasteiger partial charge on any atom is 0.167 e. The highest BCUT2D eigenvalue weighted by Crippen LogP contribution is 2.31. The third kappa shape index (κ3) is 3.06. The molecule has 2 unspecified atom stereocenters. The Morgan fingerprint density at radius 2 is 2.18 bits per heavy atom. The molecule has 0 aliphatic heterocycles. The normalized spacial score (nSPS) is 24.6. The van der Waals surface area contributed by atoms with Crippen LogP contribution >= 0.6 is 22.6 Å². The van der Waals surface area contributed by atoms with E-state index in [1.165, 1.54) is 18.6 Å². The van der Waals surface area contributed by atoms with Crippen molar-refractivity contribution in [2.45, 2.75) is 32.6 Å². The molecule has 0 N–H and O–H groups in total. The summed E-state index contributed by atoms with van der Waals surface area (Å²) in [6, 6.07) is 4.43. The van der Waals surface area contributed by atoms with Crippen LogP contribution in [-0.4, -0.2) is 5.78 Å². The molecule has 0 spiro atoms. The Balaban J connectivity index is 2.18. The summed E-state index contributed by atoms with van der Waals surface area (Å²) in [5.74, 6) is 0.692. The van der Waals surface area contributed by atoms with Crippen LogP contribution in [0.2, 0.25) is 0 Å². The molecule has 0 heterocycles. The van der Waals surface area contributed by atoms with Gasteiger partial charge in [-0.3, -0.25) is 4.79 Å². The van der Waals surface area contributed by atoms with Gasteiger partial charge in [0.25, 0.3) is 0 Å². The molecule has 1 aromatic carbocycles. The first-order chi connectivity index (χ1) is 8.08. The minimum absolute atomic E-state index is 0.137. The number of hydrogen-bond acceptors (Lipinski definition) is 1. The van der Waals surface area contributed by atoms with Crippen molar-refractivity contribution in [3.8, 4) is 0 Å². The number of carbonyl (C=O) groups is 1. The predicted octanol–water partition coefficient (Wildman–Crippen LogP) is 4.44. The highest BCUT2D eigenvalue weighted by molar-refractivity contribution is 14.1. The first kappa shape index (κ1) is 13.0. The molecular weight excluding hydrogens is 330 g/mol. The first-order valence-electron chi connectivity index (χ1n) is 6.07. The molecule has 92 valence electrons. The van der Waals surface area contributed by atoms with Crippen molar-refractivity contribution in [3.05, 3.63) is 33.1 Å². The van der Waals surface area contributed by atoms with Crippen molar-refractivity contribution >= 4 is 28.4 Å². The average molecular weight is 346 g/mol. The molecule has 1 aliphatic rings. The molecule has 0 amide bonds. The summed E-state index contributed by atoms with van der Waals surface area (Å²) in [6.07, 6.45) is 4.32. The predicted molar refractivity (Wildman–Crippen MR) is 74.6 cm³/mol. The second-order valence-electron chi connectivity index (χ2n) is 4.96. The number of hydrogen-bond donors (Lipinski definition) is 0. The van der Waals surface area contributed by atoms with E-state index >= 15 is 0 Å². The Kier molecular flexibility index (Phi) is 4.17. The number of Topliss-reactive ketones (excluding diaryl/α,β-unsaturated/α-hetero) is 1. The van der Waals surface area contributed by atoms with Gasteiger partial charge in [0.2, 0.25) is 0 Å². The van der Waals surface area contributed by atoms with E-state index in [-0.39, 0.29) is 17.5 Å². The molecule has 1 saturated carbocycles. The lowest BCUT2D eigenvalue weighted by atomic mass is 9.79. The molecule has 0 aromatic heterocycles. The second-order valence-corrected chi connectivity index (χ2v) is 6.12. The number of halogens is 2. The van der Waals surface area contributed by atoms with Gasteiger partial charge in [0.1, 0.15) is 5.82 Å². The lowest BCUT2D eigenvalue weighted by Gasteiger charge is -2.25. The Bertz CT molecular complexity index is 430. The monoisotopic (exact) mass is 346 g/mol. The zero-order valence-corrected chi connectivity index (χ0v) is 12.0. The van der Waals surface area contributed by atoms with Crippen molar-refractivity contribution in [2.24, 2.45) is 11.8 Å². The zero-order chi connectivity index (χ0) is 12.4. The third-order valence-electron chi connectivity index (χ3n) is 3.50. The van der Waals surface area contributed by atoms with Gasteiger partial charge >= 0.3 is 0 Å². The Hall–Kier alpha value is -0.450. The van der Waals surface area contributed by atoms with Gasteiger partial charge in [0, 0.05) is 15.1 Å². The van der Waals surface area contributed by atoms with Crippen molar-refractivity contribution in [1.82, 2.24) is 0 Å². The second kappa shape index (κ2) is 5.46. The molecule has 1 fully saturated rings. The highest BCUT2D eigenvalue weighted by atomic mass is 127. The van der Waals surface area contributed by atoms with Crippen molar-refractivity contribution in [2.75, 3.05) is 0 Å². The fourth-order valence-corrected chi connectivity index (χ4v) is 3.32. The summed E-state index contributed by atoms with van der Waals surface area (Å²) in [4.78, 5) is 12.4. The molecular formula is C14H16FIO. The van der Waals surface area contributed by atoms with Gasteiger partial charge in [-0.25, -0.2) is 4.39 Å². The lowest BCUT2D eigenvalue weighted by Crippen LogP contribution is -2.22. The Morgan fingerprint density at radius 3 is 2.82 bits per heavy atom. The van der Waals surface area contributed by atoms with Crippen molar-refractivity contribution in [3.63, 3.8) is 0 Å². The van der Waals surface area contributed by atoms with E-state index in [1.807, 2.05) is 22.6 Å². The van der Waals surface area contributed by atoms with Gasteiger partial charge < -0.3 is 0 Å². The van der Waals surface area contributed by atoms with Gasteiger partial charge in [-0.15, -0.1) is 0 Å². The minimum atomic E-state index is -0.275. The van der Waals surface area contributed by atoms with E-state index in [0.29, 0.717) is 11.5 Å². The Labute approximate surface area is 115 Å². The van der Waals surface area contributed by atoms with E-state index in [1.54, 1.807) is 6.07 Å². The van der Waals surface area contributed by atoms with Gasteiger partial charge in [0.05, 0.1) is 0 Å². The van der Waals surface area contributed by atoms with Gasteiger partial charge in [0.15, 0.2) is 5.78 Å². The fraction of sp³-hybridized carbons (Fsp3) is 0.500. The zero-order valence-electron chi connectivity index (χ0n) is 9.88. The maximum absolute atomic E-state index is 13.0. The maximum atomic E-state index is 13.0. The summed E-state index contributed by atoms with van der Waals surface area (Å²) in [5, 5.41) is 0. The van der Waals surface area contributed by atoms with Crippen LogP contribution in [0, 0.1) is 21.2 Å². The third-order valence-corrected chi connectivity index (χ3v) is 4.40. The molecule has 3 heteroatoms. The van der Waals surface area contributed by atoms with E-state index in [0.717, 1.165) is 22.8 Å². The van der Waals surface area contributed by atoms with Crippen LogP contribution in [-0.2, 0) is 0 Å². The van der Waals surface area contributed by atoms with Crippen LogP contribution in [0.15, 0.2) is 18.2 Å². The molecule has 1 aromatic rings. The quantitative estimate of drug-likeness (QED) is 0.572. The molecule has 1 nitrogen and oxygen atoms in total.